The van der Waals surface area contributed by atoms with E-state index in [0.717, 1.165) is 15.8 Å². The SMILES string of the molecule is O=[N+]([O-])c1c(NCc2cn3cc(Br)ccc3n2)nc2sccn12. The van der Waals surface area contributed by atoms with Gasteiger partial charge in [0.15, 0.2) is 0 Å². The Balaban J connectivity index is 1.64. The largest absolute Gasteiger partial charge is 0.372 e. The van der Waals surface area contributed by atoms with Gasteiger partial charge in [-0.3, -0.25) is 0 Å². The van der Waals surface area contributed by atoms with E-state index in [1.807, 2.05) is 28.9 Å². The van der Waals surface area contributed by atoms with Gasteiger partial charge in [-0.1, -0.05) is 11.3 Å². The number of nitrogens with one attached hydrogen (secondary N) is 1. The molecule has 0 amide bonds. The topological polar surface area (TPSA) is 89.8 Å². The summed E-state index contributed by atoms with van der Waals surface area (Å²) in [7, 11) is 0. The third-order valence-corrected chi connectivity index (χ3v) is 4.54. The number of hydrogen-bond acceptors (Lipinski definition) is 6. The number of rotatable bonds is 4. The normalized spacial score (nSPS) is 11.3. The minimum Gasteiger partial charge on any atom is -0.358 e. The second-order valence-corrected chi connectivity index (χ2v) is 6.58. The molecular weight excluding hydrogens is 384 g/mol. The van der Waals surface area contributed by atoms with Crippen molar-refractivity contribution in [1.82, 2.24) is 18.8 Å². The van der Waals surface area contributed by atoms with Crippen molar-refractivity contribution in [2.24, 2.45) is 0 Å². The molecule has 4 heterocycles. The van der Waals surface area contributed by atoms with Crippen molar-refractivity contribution in [2.75, 3.05) is 5.32 Å². The molecule has 116 valence electrons. The molecule has 4 rings (SSSR count). The number of thiazole rings is 1. The summed E-state index contributed by atoms with van der Waals surface area (Å²) in [4.78, 5) is 20.1. The molecular formula is C13H9BrN6O2S. The van der Waals surface area contributed by atoms with Crippen molar-refractivity contribution >= 4 is 49.5 Å². The van der Waals surface area contributed by atoms with E-state index in [9.17, 15) is 10.1 Å². The Morgan fingerprint density at radius 2 is 2.22 bits per heavy atom. The summed E-state index contributed by atoms with van der Waals surface area (Å²) in [5.41, 5.74) is 1.58. The van der Waals surface area contributed by atoms with E-state index < -0.39 is 4.92 Å². The second kappa shape index (κ2) is 5.32. The van der Waals surface area contributed by atoms with Crippen LogP contribution >= 0.6 is 27.3 Å². The Bertz CT molecular complexity index is 1040. The highest BCUT2D eigenvalue weighted by Crippen LogP contribution is 2.28. The Morgan fingerprint density at radius 3 is 3.04 bits per heavy atom. The quantitative estimate of drug-likeness (QED) is 0.424. The fourth-order valence-electron chi connectivity index (χ4n) is 2.34. The maximum atomic E-state index is 11.3. The second-order valence-electron chi connectivity index (χ2n) is 4.80. The summed E-state index contributed by atoms with van der Waals surface area (Å²) < 4.78 is 4.31. The Hall–Kier alpha value is -2.46. The van der Waals surface area contributed by atoms with Gasteiger partial charge in [-0.2, -0.15) is 9.38 Å². The molecule has 0 unspecified atom stereocenters. The number of halogens is 1. The van der Waals surface area contributed by atoms with Crippen LogP contribution in [0, 0.1) is 10.1 Å². The van der Waals surface area contributed by atoms with Crippen molar-refractivity contribution in [2.45, 2.75) is 6.54 Å². The molecule has 0 aromatic carbocycles. The van der Waals surface area contributed by atoms with Crippen LogP contribution in [0.3, 0.4) is 0 Å². The average molecular weight is 393 g/mol. The van der Waals surface area contributed by atoms with E-state index in [4.69, 9.17) is 0 Å². The molecule has 23 heavy (non-hydrogen) atoms. The molecule has 4 aromatic rings. The minimum atomic E-state index is -0.435. The molecule has 0 atom stereocenters. The number of hydrogen-bond donors (Lipinski definition) is 1. The maximum absolute atomic E-state index is 11.3. The molecule has 0 aliphatic heterocycles. The Kier molecular flexibility index (Phi) is 3.27. The van der Waals surface area contributed by atoms with Crippen molar-refractivity contribution < 1.29 is 4.92 Å². The molecule has 0 aliphatic rings. The van der Waals surface area contributed by atoms with Gasteiger partial charge >= 0.3 is 5.82 Å². The summed E-state index contributed by atoms with van der Waals surface area (Å²) in [6, 6.07) is 3.80. The van der Waals surface area contributed by atoms with Crippen molar-refractivity contribution in [3.05, 3.63) is 56.4 Å². The molecule has 0 fully saturated rings. The van der Waals surface area contributed by atoms with Gasteiger partial charge in [0.05, 0.1) is 12.2 Å². The lowest BCUT2D eigenvalue weighted by molar-refractivity contribution is -0.389. The number of fused-ring (bicyclic) bond motifs is 2. The molecule has 8 nitrogen and oxygen atoms in total. The predicted octanol–water partition coefficient (Wildman–Crippen LogP) is 3.33. The van der Waals surface area contributed by atoms with Gasteiger partial charge < -0.3 is 19.8 Å². The van der Waals surface area contributed by atoms with Gasteiger partial charge in [0.2, 0.25) is 5.82 Å². The van der Waals surface area contributed by atoms with E-state index in [0.29, 0.717) is 11.5 Å². The van der Waals surface area contributed by atoms with Gasteiger partial charge in [-0.25, -0.2) is 4.98 Å². The molecule has 4 aromatic heterocycles. The Morgan fingerprint density at radius 1 is 1.35 bits per heavy atom. The Labute approximate surface area is 141 Å². The molecule has 0 aliphatic carbocycles. The van der Waals surface area contributed by atoms with Gasteiger partial charge in [0.25, 0.3) is 4.96 Å². The zero-order chi connectivity index (χ0) is 16.0. The lowest BCUT2D eigenvalue weighted by atomic mass is 10.4. The highest BCUT2D eigenvalue weighted by atomic mass is 79.9. The highest BCUT2D eigenvalue weighted by molar-refractivity contribution is 9.10. The standard InChI is InChI=1S/C13H9BrN6O2S/c14-8-1-2-10-16-9(7-18(10)6-8)5-15-11-12(20(21)22)19-3-4-23-13(19)17-11/h1-4,6-7,15H,5H2. The highest BCUT2D eigenvalue weighted by Gasteiger charge is 2.23. The van der Waals surface area contributed by atoms with Crippen LogP contribution < -0.4 is 5.32 Å². The van der Waals surface area contributed by atoms with Crippen LogP contribution in [-0.4, -0.2) is 23.7 Å². The van der Waals surface area contributed by atoms with Crippen molar-refractivity contribution in [3.63, 3.8) is 0 Å². The van der Waals surface area contributed by atoms with Crippen LogP contribution in [0.2, 0.25) is 0 Å². The monoisotopic (exact) mass is 392 g/mol. The lowest BCUT2D eigenvalue weighted by Crippen LogP contribution is -2.03. The summed E-state index contributed by atoms with van der Waals surface area (Å²) in [6.07, 6.45) is 5.41. The maximum Gasteiger partial charge on any atom is 0.372 e. The number of pyridine rings is 1. The fourth-order valence-corrected chi connectivity index (χ4v) is 3.41. The molecule has 0 radical (unpaired) electrons. The van der Waals surface area contributed by atoms with Gasteiger partial charge in [0.1, 0.15) is 11.8 Å². The smallest absolute Gasteiger partial charge is 0.358 e. The summed E-state index contributed by atoms with van der Waals surface area (Å²) in [5.74, 6) is 0.188. The summed E-state index contributed by atoms with van der Waals surface area (Å²) in [5, 5.41) is 16.0. The zero-order valence-corrected chi connectivity index (χ0v) is 13.9. The number of imidazole rings is 2. The van der Waals surface area contributed by atoms with Gasteiger partial charge in [-0.15, -0.1) is 0 Å². The van der Waals surface area contributed by atoms with Gasteiger partial charge in [0, 0.05) is 22.2 Å². The number of nitro groups is 1. The number of anilines is 1. The number of aromatic nitrogens is 4. The first-order valence-corrected chi connectivity index (χ1v) is 8.26. The lowest BCUT2D eigenvalue weighted by Gasteiger charge is -2.00. The summed E-state index contributed by atoms with van der Waals surface area (Å²) in [6.45, 7) is 0.352. The van der Waals surface area contributed by atoms with Crippen molar-refractivity contribution in [3.8, 4) is 0 Å². The first-order valence-electron chi connectivity index (χ1n) is 6.59. The molecule has 1 N–H and O–H groups in total. The average Bonchev–Trinajstić information content (AvgIpc) is 3.16. The van der Waals surface area contributed by atoms with Gasteiger partial charge in [-0.05, 0) is 33.0 Å². The van der Waals surface area contributed by atoms with Crippen LogP contribution in [0.25, 0.3) is 10.6 Å². The predicted molar refractivity (Wildman–Crippen MR) is 89.9 cm³/mol. The number of nitrogens with zero attached hydrogens (tertiary/aromatic N) is 5. The van der Waals surface area contributed by atoms with E-state index in [1.54, 1.807) is 11.6 Å². The van der Waals surface area contributed by atoms with Crippen LogP contribution in [0.15, 0.2) is 40.6 Å². The van der Waals surface area contributed by atoms with Crippen LogP contribution in [-0.2, 0) is 6.54 Å². The molecule has 0 bridgehead atoms. The zero-order valence-electron chi connectivity index (χ0n) is 11.5. The van der Waals surface area contributed by atoms with Crippen LogP contribution in [0.5, 0.6) is 0 Å². The van der Waals surface area contributed by atoms with Crippen LogP contribution in [0.4, 0.5) is 11.6 Å². The first-order chi connectivity index (χ1) is 11.1. The third kappa shape index (κ3) is 2.45. The fraction of sp³-hybridized carbons (Fsp3) is 0.0769. The third-order valence-electron chi connectivity index (χ3n) is 3.31. The van der Waals surface area contributed by atoms with E-state index in [-0.39, 0.29) is 11.6 Å². The molecule has 0 spiro atoms. The molecule has 10 heteroatoms. The van der Waals surface area contributed by atoms with E-state index >= 15 is 0 Å². The minimum absolute atomic E-state index is 0.0623. The first kappa shape index (κ1) is 14.2. The van der Waals surface area contributed by atoms with E-state index in [2.05, 4.69) is 31.2 Å². The summed E-state index contributed by atoms with van der Waals surface area (Å²) >= 11 is 4.76. The van der Waals surface area contributed by atoms with E-state index in [1.165, 1.54) is 15.7 Å². The molecule has 0 saturated heterocycles. The molecule has 0 saturated carbocycles. The van der Waals surface area contributed by atoms with Crippen LogP contribution in [0.1, 0.15) is 5.69 Å². The van der Waals surface area contributed by atoms with Crippen molar-refractivity contribution in [1.29, 1.82) is 0 Å².